The average molecular weight is 959 g/mol. The topological polar surface area (TPSA) is 302 Å². The number of anilines is 4. The molecule has 10 N–H and O–H groups in total. The summed E-state index contributed by atoms with van der Waals surface area (Å²) in [5.74, 6) is -0.0342. The number of carbonyl (C=O) groups is 2. The molecule has 0 fully saturated rings. The van der Waals surface area contributed by atoms with Crippen molar-refractivity contribution in [1.29, 1.82) is 10.8 Å². The van der Waals surface area contributed by atoms with Gasteiger partial charge in [0.25, 0.3) is 26.1 Å². The Balaban J connectivity index is 0.000000319. The minimum atomic E-state index is -4.02. The lowest BCUT2D eigenvalue weighted by Crippen LogP contribution is -2.23. The van der Waals surface area contributed by atoms with E-state index in [0.29, 0.717) is 41.2 Å². The van der Waals surface area contributed by atoms with Crippen LogP contribution in [0.25, 0.3) is 28.3 Å². The zero-order valence-corrected chi connectivity index (χ0v) is 39.0. The molecule has 0 spiro atoms. The van der Waals surface area contributed by atoms with Crippen molar-refractivity contribution in [3.8, 4) is 22.3 Å². The molecule has 5 aromatic carbocycles. The highest BCUT2D eigenvalue weighted by Crippen LogP contribution is 2.26. The molecule has 0 unspecified atom stereocenters. The second-order valence-corrected chi connectivity index (χ2v) is 17.8. The lowest BCUT2D eigenvalue weighted by molar-refractivity contribution is -0.111. The molecule has 7 aromatic rings. The van der Waals surface area contributed by atoms with Gasteiger partial charge in [0, 0.05) is 59.6 Å². The molecule has 7 rings (SSSR count). The Morgan fingerprint density at radius 3 is 1.35 bits per heavy atom. The van der Waals surface area contributed by atoms with Crippen molar-refractivity contribution >= 4 is 61.1 Å². The number of nitrogens with two attached hydrogens (primary N) is 2. The van der Waals surface area contributed by atoms with Gasteiger partial charge in [-0.3, -0.25) is 29.5 Å². The predicted molar refractivity (Wildman–Crippen MR) is 261 cm³/mol. The number of rotatable bonds is 11. The van der Waals surface area contributed by atoms with Gasteiger partial charge in [-0.1, -0.05) is 71.8 Å². The Bertz CT molecular complexity index is 3210. The first kappa shape index (κ1) is 51.0. The van der Waals surface area contributed by atoms with Gasteiger partial charge in [-0.15, -0.1) is 0 Å². The van der Waals surface area contributed by atoms with E-state index in [2.05, 4.69) is 20.6 Å². The summed E-state index contributed by atoms with van der Waals surface area (Å²) in [6.45, 7) is 8.74. The van der Waals surface area contributed by atoms with E-state index in [0.717, 1.165) is 27.8 Å². The number of hydrogen-bond donors (Lipinski definition) is 8. The maximum absolute atomic E-state index is 12.8. The van der Waals surface area contributed by atoms with Crippen LogP contribution < -0.4 is 33.3 Å². The number of nitrogens with one attached hydrogen (secondary N) is 4. The van der Waals surface area contributed by atoms with E-state index >= 15 is 0 Å². The summed E-state index contributed by atoms with van der Waals surface area (Å²) in [5, 5.41) is 21.5. The van der Waals surface area contributed by atoms with E-state index in [1.165, 1.54) is 30.3 Å². The molecule has 0 aliphatic heterocycles. The summed E-state index contributed by atoms with van der Waals surface area (Å²) < 4.78 is 62.5. The monoisotopic (exact) mass is 958 g/mol. The molecule has 18 nitrogen and oxygen atoms in total. The number of aryl methyl sites for hydroxylation is 4. The first-order valence-corrected chi connectivity index (χ1v) is 23.6. The van der Waals surface area contributed by atoms with Crippen LogP contribution in [0.15, 0.2) is 150 Å². The van der Waals surface area contributed by atoms with E-state index in [1.54, 1.807) is 100 Å². The fourth-order valence-corrected chi connectivity index (χ4v) is 7.12. The molecule has 0 radical (unpaired) electrons. The van der Waals surface area contributed by atoms with E-state index in [9.17, 15) is 26.4 Å². The van der Waals surface area contributed by atoms with Gasteiger partial charge in [0.15, 0.2) is 0 Å². The maximum Gasteiger partial charge on any atom is 0.294 e. The van der Waals surface area contributed by atoms with Gasteiger partial charge < -0.3 is 31.2 Å². The number of nitrogen functional groups attached to an aromatic ring is 2. The van der Waals surface area contributed by atoms with E-state index in [-0.39, 0.29) is 44.5 Å². The lowest BCUT2D eigenvalue weighted by atomic mass is 10.1. The highest BCUT2D eigenvalue weighted by atomic mass is 32.2. The van der Waals surface area contributed by atoms with Crippen LogP contribution in [-0.4, -0.2) is 56.9 Å². The molecule has 0 saturated carbocycles. The summed E-state index contributed by atoms with van der Waals surface area (Å²) in [5.41, 5.74) is 19.7. The highest BCUT2D eigenvalue weighted by Gasteiger charge is 2.12. The zero-order chi connectivity index (χ0) is 49.8. The van der Waals surface area contributed by atoms with Crippen LogP contribution in [0.1, 0.15) is 40.9 Å². The molecule has 20 heteroatoms. The van der Waals surface area contributed by atoms with Crippen molar-refractivity contribution in [2.24, 2.45) is 0 Å². The fourth-order valence-electron chi connectivity index (χ4n) is 6.16. The highest BCUT2D eigenvalue weighted by molar-refractivity contribution is 7.86. The number of nitrogens with zero attached hydrogens (tertiary/aromatic N) is 4. The first-order valence-electron chi connectivity index (χ1n) is 20.7. The third-order valence-electron chi connectivity index (χ3n) is 9.95. The van der Waals surface area contributed by atoms with Gasteiger partial charge in [-0.05, 0) is 111 Å². The zero-order valence-electron chi connectivity index (χ0n) is 37.4. The summed E-state index contributed by atoms with van der Waals surface area (Å²) in [6.07, 6.45) is 6.68. The molecular weight excluding hydrogens is 909 g/mol. The summed E-state index contributed by atoms with van der Waals surface area (Å²) in [4.78, 5) is 33.4. The van der Waals surface area contributed by atoms with Crippen LogP contribution in [0.3, 0.4) is 0 Å². The van der Waals surface area contributed by atoms with E-state index < -0.39 is 20.2 Å². The molecular formula is C48H50N10O8S2. The average Bonchev–Trinajstić information content (AvgIpc) is 3.29. The molecule has 2 aromatic heterocycles. The van der Waals surface area contributed by atoms with Gasteiger partial charge in [-0.2, -0.15) is 26.8 Å². The second kappa shape index (κ2) is 22.4. The number of aromatic nitrogens is 4. The molecule has 68 heavy (non-hydrogen) atoms. The van der Waals surface area contributed by atoms with Gasteiger partial charge in [0.1, 0.15) is 11.6 Å². The molecule has 2 amide bonds. The Kier molecular flexibility index (Phi) is 16.8. The van der Waals surface area contributed by atoms with Crippen molar-refractivity contribution in [2.75, 3.05) is 22.1 Å². The van der Waals surface area contributed by atoms with Crippen LogP contribution in [-0.2, 0) is 38.1 Å². The van der Waals surface area contributed by atoms with Crippen molar-refractivity contribution in [1.82, 2.24) is 19.1 Å². The smallest absolute Gasteiger partial charge is 0.294 e. The maximum atomic E-state index is 12.8. The van der Waals surface area contributed by atoms with Crippen LogP contribution >= 0.6 is 0 Å². The Morgan fingerprint density at radius 2 is 0.985 bits per heavy atom. The largest absolute Gasteiger partial charge is 0.383 e. The minimum Gasteiger partial charge on any atom is -0.383 e. The number of carbonyl (C=O) groups excluding carboxylic acids is 2. The van der Waals surface area contributed by atoms with Crippen LogP contribution in [0.2, 0.25) is 0 Å². The molecule has 0 saturated heterocycles. The van der Waals surface area contributed by atoms with Crippen LogP contribution in [0.5, 0.6) is 0 Å². The van der Waals surface area contributed by atoms with Crippen molar-refractivity contribution in [3.63, 3.8) is 0 Å². The van der Waals surface area contributed by atoms with Crippen molar-refractivity contribution in [3.05, 3.63) is 173 Å². The second-order valence-electron chi connectivity index (χ2n) is 14.9. The Morgan fingerprint density at radius 1 is 0.603 bits per heavy atom. The number of hydrogen-bond acceptors (Lipinski definition) is 12. The molecule has 0 bridgehead atoms. The number of benzene rings is 5. The standard InChI is InChI=1S/C34H34N10O2.2C7H8O3S/c1-3-43-19-27(30(35)41-33(43)37)22-10-14-25(15-11-22)39-29(45)18-7-21-5-8-24(9-6-21)32(46)40-26-16-12-23(13-17-26)28-20-44(4-2)34(38)42-31(28)36;2*1-6-2-4-7(5-3-6)11(8,9)10/h5-20H,3-4H2,1-2H3,(H,39,45)(H,40,46)(H3,35,37,41)(H3,36,38,42);2*2-5H,1H3,(H,8,9,10). The summed E-state index contributed by atoms with van der Waals surface area (Å²) >= 11 is 0. The van der Waals surface area contributed by atoms with Crippen molar-refractivity contribution in [2.45, 2.75) is 50.6 Å². The summed E-state index contributed by atoms with van der Waals surface area (Å²) in [6, 6.07) is 33.3. The fraction of sp³-hybridized carbons (Fsp3) is 0.125. The Labute approximate surface area is 393 Å². The molecule has 2 heterocycles. The third-order valence-corrected chi connectivity index (χ3v) is 11.7. The van der Waals surface area contributed by atoms with Gasteiger partial charge in [0.2, 0.25) is 17.1 Å². The van der Waals surface area contributed by atoms with Gasteiger partial charge >= 0.3 is 0 Å². The SMILES string of the molecule is CCn1cc(-c2ccc(NC(=O)C=Cc3ccc(C(=O)Nc4ccc(-c5cn(CC)c(=N)nc5N)cc4)cc3)cc2)c(N)nc1=N.Cc1ccc(S(=O)(=O)O)cc1.Cc1ccc(S(=O)(=O)O)cc1. The normalized spacial score (nSPS) is 11.1. The lowest BCUT2D eigenvalue weighted by Gasteiger charge is -2.11. The quantitative estimate of drug-likeness (QED) is 0.0482. The summed E-state index contributed by atoms with van der Waals surface area (Å²) in [7, 11) is -8.04. The van der Waals surface area contributed by atoms with E-state index in [4.69, 9.17) is 31.4 Å². The van der Waals surface area contributed by atoms with Crippen molar-refractivity contribution < 1.29 is 35.5 Å². The third kappa shape index (κ3) is 14.2. The molecule has 0 aliphatic rings. The molecule has 0 atom stereocenters. The van der Waals surface area contributed by atoms with Crippen LogP contribution in [0.4, 0.5) is 23.0 Å². The minimum absolute atomic E-state index is 0.0666. The molecule has 0 aliphatic carbocycles. The van der Waals surface area contributed by atoms with Gasteiger partial charge in [0.05, 0.1) is 9.79 Å². The number of amides is 2. The van der Waals surface area contributed by atoms with Crippen LogP contribution in [0, 0.1) is 24.7 Å². The Hall–Kier alpha value is -8.04. The molecule has 352 valence electrons. The first-order chi connectivity index (χ1) is 32.1. The van der Waals surface area contributed by atoms with E-state index in [1.807, 2.05) is 52.0 Å². The predicted octanol–water partition coefficient (Wildman–Crippen LogP) is 6.96. The van der Waals surface area contributed by atoms with Gasteiger partial charge in [-0.25, -0.2) is 0 Å².